The first-order chi connectivity index (χ1) is 12.3. The van der Waals surface area contributed by atoms with E-state index < -0.39 is 29.5 Å². The molecule has 2 aromatic carbocycles. The highest BCUT2D eigenvalue weighted by molar-refractivity contribution is 6.01. The van der Waals surface area contributed by atoms with Crippen LogP contribution in [0.5, 0.6) is 5.75 Å². The van der Waals surface area contributed by atoms with Crippen molar-refractivity contribution >= 4 is 17.5 Å². The van der Waals surface area contributed by atoms with Crippen molar-refractivity contribution in [3.8, 4) is 5.75 Å². The number of hydrogen-bond donors (Lipinski definition) is 2. The molecule has 0 bridgehead atoms. The van der Waals surface area contributed by atoms with Crippen molar-refractivity contribution in [1.29, 1.82) is 0 Å². The summed E-state index contributed by atoms with van der Waals surface area (Å²) in [6, 6.07) is 8.22. The van der Waals surface area contributed by atoms with E-state index in [1.165, 1.54) is 7.11 Å². The maximum atomic E-state index is 13.7. The van der Waals surface area contributed by atoms with E-state index in [1.54, 1.807) is 38.1 Å². The molecule has 2 rings (SSSR count). The number of benzene rings is 2. The van der Waals surface area contributed by atoms with Gasteiger partial charge in [-0.15, -0.1) is 0 Å². The van der Waals surface area contributed by atoms with E-state index in [0.717, 1.165) is 18.2 Å². The molecule has 0 unspecified atom stereocenters. The zero-order valence-corrected chi connectivity index (χ0v) is 14.7. The minimum atomic E-state index is -0.924. The number of hydrogen-bond acceptors (Lipinski definition) is 3. The summed E-state index contributed by atoms with van der Waals surface area (Å²) in [4.78, 5) is 24.8. The van der Waals surface area contributed by atoms with Crippen LogP contribution in [0.2, 0.25) is 0 Å². The van der Waals surface area contributed by atoms with Gasteiger partial charge in [0.2, 0.25) is 5.91 Å². The predicted molar refractivity (Wildman–Crippen MR) is 94.1 cm³/mol. The van der Waals surface area contributed by atoms with Gasteiger partial charge in [-0.25, -0.2) is 8.78 Å². The summed E-state index contributed by atoms with van der Waals surface area (Å²) < 4.78 is 32.0. The van der Waals surface area contributed by atoms with Crippen molar-refractivity contribution in [2.45, 2.75) is 19.9 Å². The Labute approximate surface area is 150 Å². The molecule has 5 nitrogen and oxygen atoms in total. The van der Waals surface area contributed by atoms with Crippen LogP contribution in [-0.4, -0.2) is 25.0 Å². The van der Waals surface area contributed by atoms with E-state index in [-0.39, 0.29) is 11.6 Å². The average Bonchev–Trinajstić information content (AvgIpc) is 2.62. The minimum absolute atomic E-state index is 0.270. The summed E-state index contributed by atoms with van der Waals surface area (Å²) in [6.07, 6.45) is 0. The first kappa shape index (κ1) is 19.4. The first-order valence-electron chi connectivity index (χ1n) is 8.02. The molecule has 0 saturated carbocycles. The molecule has 2 amide bonds. The molecular weight excluding hydrogens is 342 g/mol. The van der Waals surface area contributed by atoms with Crippen molar-refractivity contribution in [1.82, 2.24) is 5.32 Å². The second kappa shape index (κ2) is 8.42. The highest BCUT2D eigenvalue weighted by Crippen LogP contribution is 2.17. The summed E-state index contributed by atoms with van der Waals surface area (Å²) in [5.41, 5.74) is 0.0699. The topological polar surface area (TPSA) is 67.4 Å². The van der Waals surface area contributed by atoms with E-state index in [0.29, 0.717) is 11.3 Å². The van der Waals surface area contributed by atoms with E-state index in [9.17, 15) is 18.4 Å². The van der Waals surface area contributed by atoms with Crippen molar-refractivity contribution in [2.24, 2.45) is 5.92 Å². The standard InChI is InChI=1S/C19H20F2N2O3/c1-11(2)17(19(25)22-16-10-13(20)6-9-15(16)21)23-18(24)12-4-7-14(26-3)8-5-12/h4-11,17H,1-3H3,(H,22,25)(H,23,24)/t17-/m0/s1. The SMILES string of the molecule is COc1ccc(C(=O)N[C@H](C(=O)Nc2cc(F)ccc2F)C(C)C)cc1. The van der Waals surface area contributed by atoms with Gasteiger partial charge in [-0.1, -0.05) is 13.8 Å². The van der Waals surface area contributed by atoms with E-state index in [4.69, 9.17) is 4.74 Å². The quantitative estimate of drug-likeness (QED) is 0.828. The Morgan fingerprint density at radius 2 is 1.69 bits per heavy atom. The Hall–Kier alpha value is -2.96. The number of amides is 2. The molecule has 0 aliphatic carbocycles. The average molecular weight is 362 g/mol. The predicted octanol–water partition coefficient (Wildman–Crippen LogP) is 3.37. The van der Waals surface area contributed by atoms with Crippen molar-refractivity contribution < 1.29 is 23.1 Å². The molecule has 0 aromatic heterocycles. The molecule has 26 heavy (non-hydrogen) atoms. The van der Waals surface area contributed by atoms with Crippen LogP contribution in [0.1, 0.15) is 24.2 Å². The van der Waals surface area contributed by atoms with E-state index in [2.05, 4.69) is 10.6 Å². The Bertz CT molecular complexity index is 792. The van der Waals surface area contributed by atoms with Crippen molar-refractivity contribution in [3.63, 3.8) is 0 Å². The third-order valence-corrected chi connectivity index (χ3v) is 3.77. The lowest BCUT2D eigenvalue weighted by molar-refractivity contribution is -0.118. The van der Waals surface area contributed by atoms with Crippen LogP contribution >= 0.6 is 0 Å². The Morgan fingerprint density at radius 1 is 1.04 bits per heavy atom. The molecule has 2 N–H and O–H groups in total. The maximum absolute atomic E-state index is 13.7. The fourth-order valence-electron chi connectivity index (χ4n) is 2.31. The summed E-state index contributed by atoms with van der Waals surface area (Å²) in [5.74, 6) is -2.20. The molecule has 0 heterocycles. The molecule has 0 aliphatic rings. The molecule has 1 atom stereocenters. The molecule has 0 aliphatic heterocycles. The highest BCUT2D eigenvalue weighted by atomic mass is 19.1. The largest absolute Gasteiger partial charge is 0.497 e. The van der Waals surface area contributed by atoms with Gasteiger partial charge in [0.15, 0.2) is 0 Å². The zero-order chi connectivity index (χ0) is 19.3. The second-order valence-electron chi connectivity index (χ2n) is 6.04. The molecule has 0 spiro atoms. The molecular formula is C19H20F2N2O3. The molecule has 2 aromatic rings. The number of ether oxygens (including phenoxy) is 1. The molecule has 7 heteroatoms. The van der Waals surface area contributed by atoms with E-state index >= 15 is 0 Å². The van der Waals surface area contributed by atoms with Gasteiger partial charge in [0.25, 0.3) is 5.91 Å². The van der Waals surface area contributed by atoms with Crippen LogP contribution in [0.15, 0.2) is 42.5 Å². The van der Waals surface area contributed by atoms with Gasteiger partial charge >= 0.3 is 0 Å². The lowest BCUT2D eigenvalue weighted by Crippen LogP contribution is -2.47. The lowest BCUT2D eigenvalue weighted by Gasteiger charge is -2.22. The van der Waals surface area contributed by atoms with Crippen LogP contribution in [0.25, 0.3) is 0 Å². The third-order valence-electron chi connectivity index (χ3n) is 3.77. The van der Waals surface area contributed by atoms with E-state index in [1.807, 2.05) is 0 Å². The maximum Gasteiger partial charge on any atom is 0.251 e. The molecule has 0 fully saturated rings. The number of halogens is 2. The van der Waals surface area contributed by atoms with Crippen LogP contribution in [0, 0.1) is 17.6 Å². The second-order valence-corrected chi connectivity index (χ2v) is 6.04. The summed E-state index contributed by atoms with van der Waals surface area (Å²) in [7, 11) is 1.51. The van der Waals surface area contributed by atoms with Crippen LogP contribution in [-0.2, 0) is 4.79 Å². The molecule has 138 valence electrons. The number of nitrogens with one attached hydrogen (secondary N) is 2. The fourth-order valence-corrected chi connectivity index (χ4v) is 2.31. The zero-order valence-electron chi connectivity index (χ0n) is 14.7. The van der Waals surface area contributed by atoms with Gasteiger partial charge < -0.3 is 15.4 Å². The fraction of sp³-hybridized carbons (Fsp3) is 0.263. The monoisotopic (exact) mass is 362 g/mol. The Kier molecular flexibility index (Phi) is 6.27. The molecule has 0 radical (unpaired) electrons. The van der Waals surface area contributed by atoms with Crippen molar-refractivity contribution in [3.05, 3.63) is 59.7 Å². The number of rotatable bonds is 6. The van der Waals surface area contributed by atoms with Gasteiger partial charge in [0.05, 0.1) is 12.8 Å². The number of anilines is 1. The van der Waals surface area contributed by atoms with Gasteiger partial charge in [-0.05, 0) is 42.3 Å². The van der Waals surface area contributed by atoms with Gasteiger partial charge in [0, 0.05) is 11.6 Å². The number of carbonyl (C=O) groups is 2. The number of carbonyl (C=O) groups excluding carboxylic acids is 2. The lowest BCUT2D eigenvalue weighted by atomic mass is 10.0. The number of methoxy groups -OCH3 is 1. The van der Waals surface area contributed by atoms with Crippen LogP contribution in [0.4, 0.5) is 14.5 Å². The Morgan fingerprint density at radius 3 is 2.27 bits per heavy atom. The van der Waals surface area contributed by atoms with Crippen molar-refractivity contribution in [2.75, 3.05) is 12.4 Å². The summed E-state index contributed by atoms with van der Waals surface area (Å²) >= 11 is 0. The highest BCUT2D eigenvalue weighted by Gasteiger charge is 2.25. The summed E-state index contributed by atoms with van der Waals surface area (Å²) in [5, 5.41) is 4.94. The van der Waals surface area contributed by atoms with Crippen LogP contribution < -0.4 is 15.4 Å². The smallest absolute Gasteiger partial charge is 0.251 e. The normalized spacial score (nSPS) is 11.8. The first-order valence-corrected chi connectivity index (χ1v) is 8.02. The molecule has 0 saturated heterocycles. The van der Waals surface area contributed by atoms with Gasteiger partial charge in [-0.2, -0.15) is 0 Å². The van der Waals surface area contributed by atoms with Crippen LogP contribution in [0.3, 0.4) is 0 Å². The third kappa shape index (κ3) is 4.78. The Balaban J connectivity index is 2.13. The summed E-state index contributed by atoms with van der Waals surface area (Å²) in [6.45, 7) is 3.47. The minimum Gasteiger partial charge on any atom is -0.497 e. The van der Waals surface area contributed by atoms with Gasteiger partial charge in [0.1, 0.15) is 23.4 Å². The van der Waals surface area contributed by atoms with Gasteiger partial charge in [-0.3, -0.25) is 9.59 Å².